The van der Waals surface area contributed by atoms with E-state index in [0.717, 1.165) is 13.1 Å². The normalized spacial score (nSPS) is 27.9. The molecule has 1 N–H and O–H groups in total. The molecule has 2 unspecified atom stereocenters. The number of nitrogens with one attached hydrogen (secondary N) is 1. The Kier molecular flexibility index (Phi) is 4.71. The molecule has 3 aliphatic heterocycles. The highest BCUT2D eigenvalue weighted by atomic mass is 35.5. The summed E-state index contributed by atoms with van der Waals surface area (Å²) in [4.78, 5) is 15.8. The van der Waals surface area contributed by atoms with Gasteiger partial charge in [0.25, 0.3) is 5.91 Å². The van der Waals surface area contributed by atoms with Crippen LogP contribution in [0.2, 0.25) is 5.02 Å². The molecule has 2 bridgehead atoms. The highest BCUT2D eigenvalue weighted by Gasteiger charge is 2.40. The van der Waals surface area contributed by atoms with E-state index < -0.39 is 0 Å². The fourth-order valence-electron chi connectivity index (χ4n) is 3.90. The number of benzene rings is 1. The first kappa shape index (κ1) is 16.9. The topological polar surface area (TPSA) is 41.6 Å². The van der Waals surface area contributed by atoms with Crippen molar-refractivity contribution in [2.24, 2.45) is 5.92 Å². The predicted octanol–water partition coefficient (Wildman–Crippen LogP) is 4.41. The number of nitrogens with zero attached hydrogens (tertiary/aromatic N) is 1. The number of hydrogen-bond acceptors (Lipinski definition) is 4. The summed E-state index contributed by atoms with van der Waals surface area (Å²) < 4.78 is 5.80. The third-order valence-corrected chi connectivity index (χ3v) is 6.60. The molecule has 0 saturated carbocycles. The van der Waals surface area contributed by atoms with E-state index in [1.54, 1.807) is 6.07 Å². The minimum Gasteiger partial charge on any atom is -0.445 e. The number of fused-ring (bicyclic) bond motifs is 3. The zero-order valence-electron chi connectivity index (χ0n) is 14.1. The molecule has 0 aliphatic carbocycles. The van der Waals surface area contributed by atoms with E-state index in [0.29, 0.717) is 32.7 Å². The smallest absolute Gasteiger partial charge is 0.261 e. The molecule has 0 radical (unpaired) electrons. The van der Waals surface area contributed by atoms with Crippen LogP contribution in [0, 0.1) is 5.92 Å². The first-order chi connectivity index (χ1) is 12.1. The van der Waals surface area contributed by atoms with Crippen molar-refractivity contribution in [3.63, 3.8) is 0 Å². The highest BCUT2D eigenvalue weighted by molar-refractivity contribution is 7.15. The average Bonchev–Trinajstić information content (AvgIpc) is 3.09. The Hall–Kier alpha value is -1.56. The molecule has 2 atom stereocenters. The van der Waals surface area contributed by atoms with E-state index >= 15 is 0 Å². The van der Waals surface area contributed by atoms with Gasteiger partial charge < -0.3 is 10.1 Å². The maximum Gasteiger partial charge on any atom is 0.261 e. The van der Waals surface area contributed by atoms with E-state index in [4.69, 9.17) is 16.3 Å². The standard InChI is InChI=1S/C19H21ClN2O2S/c1-12-18(13-8-10-22(12)11-9-13)21-19(23)16-6-7-17(25-16)24-15-5-3-2-4-14(15)20/h2-7,12-13,18H,8-11H2,1H3,(H,21,23). The summed E-state index contributed by atoms with van der Waals surface area (Å²) in [5.74, 6) is 1.19. The predicted molar refractivity (Wildman–Crippen MR) is 101 cm³/mol. The number of carbonyl (C=O) groups is 1. The second kappa shape index (κ2) is 6.98. The number of carbonyl (C=O) groups excluding carboxylic acids is 1. The zero-order valence-corrected chi connectivity index (χ0v) is 15.6. The first-order valence-corrected chi connectivity index (χ1v) is 9.88. The van der Waals surface area contributed by atoms with E-state index in [-0.39, 0.29) is 11.9 Å². The quantitative estimate of drug-likeness (QED) is 0.859. The summed E-state index contributed by atoms with van der Waals surface area (Å²) in [6.07, 6.45) is 2.36. The molecule has 1 aromatic carbocycles. The minimum absolute atomic E-state index is 0.00962. The molecular formula is C19H21ClN2O2S. The number of thiophene rings is 1. The lowest BCUT2D eigenvalue weighted by Crippen LogP contribution is -2.62. The van der Waals surface area contributed by atoms with Gasteiger partial charge in [-0.25, -0.2) is 0 Å². The Bertz CT molecular complexity index is 768. The number of para-hydroxylation sites is 1. The highest BCUT2D eigenvalue weighted by Crippen LogP contribution is 2.35. The van der Waals surface area contributed by atoms with Crippen molar-refractivity contribution < 1.29 is 9.53 Å². The summed E-state index contributed by atoms with van der Waals surface area (Å²) in [7, 11) is 0. The van der Waals surface area contributed by atoms with Crippen LogP contribution < -0.4 is 10.1 Å². The van der Waals surface area contributed by atoms with Gasteiger partial charge in [0.15, 0.2) is 5.06 Å². The maximum atomic E-state index is 12.7. The average molecular weight is 377 g/mol. The van der Waals surface area contributed by atoms with Gasteiger partial charge in [0.2, 0.25) is 0 Å². The third kappa shape index (κ3) is 3.41. The Balaban J connectivity index is 1.43. The lowest BCUT2D eigenvalue weighted by atomic mass is 9.79. The Morgan fingerprint density at radius 3 is 2.72 bits per heavy atom. The molecule has 4 heterocycles. The molecule has 132 valence electrons. The summed E-state index contributed by atoms with van der Waals surface area (Å²) in [5, 5.41) is 4.48. The number of ether oxygens (including phenoxy) is 1. The van der Waals surface area contributed by atoms with Crippen LogP contribution >= 0.6 is 22.9 Å². The van der Waals surface area contributed by atoms with Gasteiger partial charge in [0.1, 0.15) is 5.75 Å². The van der Waals surface area contributed by atoms with Gasteiger partial charge in [-0.2, -0.15) is 0 Å². The van der Waals surface area contributed by atoms with Crippen molar-refractivity contribution in [2.75, 3.05) is 13.1 Å². The molecule has 3 fully saturated rings. The third-order valence-electron chi connectivity index (χ3n) is 5.33. The molecule has 5 rings (SSSR count). The fraction of sp³-hybridized carbons (Fsp3) is 0.421. The Morgan fingerprint density at radius 1 is 1.24 bits per heavy atom. The monoisotopic (exact) mass is 376 g/mol. The van der Waals surface area contributed by atoms with Gasteiger partial charge in [-0.3, -0.25) is 9.69 Å². The van der Waals surface area contributed by atoms with Gasteiger partial charge in [-0.15, -0.1) is 0 Å². The number of halogens is 1. The minimum atomic E-state index is -0.00962. The van der Waals surface area contributed by atoms with Crippen LogP contribution in [0.1, 0.15) is 29.4 Å². The SMILES string of the molecule is CC1C(NC(=O)c2ccc(Oc3ccccc3Cl)s2)C2CCN1CC2. The van der Waals surface area contributed by atoms with Crippen molar-refractivity contribution >= 4 is 28.8 Å². The van der Waals surface area contributed by atoms with Crippen LogP contribution in [0.25, 0.3) is 0 Å². The van der Waals surface area contributed by atoms with Crippen LogP contribution in [0.15, 0.2) is 36.4 Å². The number of hydrogen-bond donors (Lipinski definition) is 1. The molecular weight excluding hydrogens is 356 g/mol. The number of piperidine rings is 3. The molecule has 2 aromatic rings. The summed E-state index contributed by atoms with van der Waals surface area (Å²) in [5.41, 5.74) is 0. The van der Waals surface area contributed by atoms with Crippen LogP contribution in [0.4, 0.5) is 0 Å². The van der Waals surface area contributed by atoms with Gasteiger partial charge in [-0.1, -0.05) is 35.1 Å². The molecule has 1 aromatic heterocycles. The van der Waals surface area contributed by atoms with E-state index in [2.05, 4.69) is 17.1 Å². The van der Waals surface area contributed by atoms with Crippen LogP contribution in [0.3, 0.4) is 0 Å². The largest absolute Gasteiger partial charge is 0.445 e. The Labute approximate surface area is 156 Å². The lowest BCUT2D eigenvalue weighted by Gasteiger charge is -2.49. The fourth-order valence-corrected chi connectivity index (χ4v) is 4.85. The number of rotatable bonds is 4. The second-order valence-corrected chi connectivity index (χ2v) is 8.22. The molecule has 3 aliphatic rings. The van der Waals surface area contributed by atoms with Crippen molar-refractivity contribution in [1.29, 1.82) is 0 Å². The van der Waals surface area contributed by atoms with Crippen molar-refractivity contribution in [3.8, 4) is 10.8 Å². The van der Waals surface area contributed by atoms with Crippen LogP contribution in [-0.2, 0) is 0 Å². The molecule has 0 spiro atoms. The van der Waals surface area contributed by atoms with Crippen molar-refractivity contribution in [1.82, 2.24) is 10.2 Å². The van der Waals surface area contributed by atoms with Crippen molar-refractivity contribution in [3.05, 3.63) is 46.3 Å². The maximum absolute atomic E-state index is 12.7. The number of amides is 1. The van der Waals surface area contributed by atoms with Gasteiger partial charge >= 0.3 is 0 Å². The molecule has 1 amide bonds. The Morgan fingerprint density at radius 2 is 2.00 bits per heavy atom. The van der Waals surface area contributed by atoms with E-state index in [9.17, 15) is 4.79 Å². The first-order valence-electron chi connectivity index (χ1n) is 8.69. The molecule has 6 heteroatoms. The van der Waals surface area contributed by atoms with Gasteiger partial charge in [0.05, 0.1) is 9.90 Å². The van der Waals surface area contributed by atoms with E-state index in [1.807, 2.05) is 30.3 Å². The molecule has 3 saturated heterocycles. The van der Waals surface area contributed by atoms with Crippen LogP contribution in [-0.4, -0.2) is 36.0 Å². The van der Waals surface area contributed by atoms with Crippen molar-refractivity contribution in [2.45, 2.75) is 31.8 Å². The lowest BCUT2D eigenvalue weighted by molar-refractivity contribution is 0.0218. The molecule has 4 nitrogen and oxygen atoms in total. The summed E-state index contributed by atoms with van der Waals surface area (Å²) >= 11 is 7.47. The zero-order chi connectivity index (χ0) is 17.4. The molecule has 25 heavy (non-hydrogen) atoms. The summed E-state index contributed by atoms with van der Waals surface area (Å²) in [6.45, 7) is 4.54. The van der Waals surface area contributed by atoms with E-state index in [1.165, 1.54) is 24.2 Å². The van der Waals surface area contributed by atoms with Gasteiger partial charge in [-0.05, 0) is 63.0 Å². The second-order valence-electron chi connectivity index (χ2n) is 6.76. The summed E-state index contributed by atoms with van der Waals surface area (Å²) in [6, 6.07) is 11.6. The van der Waals surface area contributed by atoms with Crippen LogP contribution in [0.5, 0.6) is 10.8 Å². The van der Waals surface area contributed by atoms with Gasteiger partial charge in [0, 0.05) is 12.1 Å².